The zero-order valence-electron chi connectivity index (χ0n) is 23.6. The van der Waals surface area contributed by atoms with Crippen molar-refractivity contribution < 1.29 is 0 Å². The molecule has 0 aromatic heterocycles. The molecule has 1 atom stereocenters. The maximum atomic E-state index is 2.48. The molecule has 0 fully saturated rings. The summed E-state index contributed by atoms with van der Waals surface area (Å²) in [4.78, 5) is 2.41. The zero-order valence-corrected chi connectivity index (χ0v) is 25.4. The van der Waals surface area contributed by atoms with Crippen LogP contribution in [0.2, 0.25) is 0 Å². The van der Waals surface area contributed by atoms with Crippen molar-refractivity contribution in [1.82, 2.24) is 4.90 Å². The summed E-state index contributed by atoms with van der Waals surface area (Å²) in [6.07, 6.45) is 5.93. The van der Waals surface area contributed by atoms with Crippen molar-refractivity contribution in [3.63, 3.8) is 0 Å². The van der Waals surface area contributed by atoms with E-state index in [4.69, 9.17) is 0 Å². The van der Waals surface area contributed by atoms with Crippen LogP contribution in [0.25, 0.3) is 0 Å². The van der Waals surface area contributed by atoms with Crippen molar-refractivity contribution in [3.8, 4) is 0 Å². The number of hydrogen-bond donors (Lipinski definition) is 0. The molecule has 41 heavy (non-hydrogen) atoms. The highest BCUT2D eigenvalue weighted by atomic mass is 31.1. The molecular weight excluding hydrogens is 532 g/mol. The minimum Gasteiger partial charge on any atom is -0.299 e. The Bertz CT molecular complexity index is 1550. The topological polar surface area (TPSA) is 3.24 Å². The van der Waals surface area contributed by atoms with Crippen LogP contribution in [0.1, 0.15) is 18.0 Å². The second-order valence-corrected chi connectivity index (χ2v) is 14.8. The number of benzene rings is 5. The lowest BCUT2D eigenvalue weighted by atomic mass is 9.98. The monoisotopic (exact) mass is 567 g/mol. The number of likely N-dealkylation sites (N-methyl/N-ethyl adjacent to an activating group) is 1. The van der Waals surface area contributed by atoms with Gasteiger partial charge in [0.25, 0.3) is 0 Å². The minimum absolute atomic E-state index is 0.148. The lowest BCUT2D eigenvalue weighted by molar-refractivity contribution is 0.342. The normalized spacial score (nSPS) is 13.9. The van der Waals surface area contributed by atoms with Crippen LogP contribution in [0.3, 0.4) is 0 Å². The molecule has 0 heterocycles. The highest BCUT2D eigenvalue weighted by Crippen LogP contribution is 2.53. The van der Waals surface area contributed by atoms with Gasteiger partial charge in [-0.05, 0) is 79.3 Å². The van der Waals surface area contributed by atoms with E-state index in [-0.39, 0.29) is 6.04 Å². The molecule has 3 heteroatoms. The van der Waals surface area contributed by atoms with E-state index in [0.29, 0.717) is 0 Å². The summed E-state index contributed by atoms with van der Waals surface area (Å²) in [6.45, 7) is 0. The van der Waals surface area contributed by atoms with Crippen LogP contribution in [0, 0.1) is 0 Å². The van der Waals surface area contributed by atoms with Gasteiger partial charge >= 0.3 is 0 Å². The average Bonchev–Trinajstić information content (AvgIpc) is 3.49. The fraction of sp³-hybridized carbons (Fsp3) is 0.105. The summed E-state index contributed by atoms with van der Waals surface area (Å²) in [6, 6.07) is 53.6. The molecule has 5 aromatic carbocycles. The average molecular weight is 568 g/mol. The SMILES string of the molecule is CN(C)[C@@H](C1=CCC=C1P(c1ccccc1)c1ccccc1)c1ccccc1P(c1ccccc1)c1ccccc1. The molecule has 0 saturated carbocycles. The van der Waals surface area contributed by atoms with E-state index in [1.165, 1.54) is 43.0 Å². The molecule has 0 saturated heterocycles. The van der Waals surface area contributed by atoms with Crippen LogP contribution >= 0.6 is 15.8 Å². The fourth-order valence-corrected chi connectivity index (χ4v) is 10.8. The summed E-state index contributed by atoms with van der Waals surface area (Å²) in [5.74, 6) is 0. The first kappa shape index (κ1) is 27.6. The first-order chi connectivity index (χ1) is 20.2. The van der Waals surface area contributed by atoms with Gasteiger partial charge in [-0.15, -0.1) is 0 Å². The molecule has 0 bridgehead atoms. The van der Waals surface area contributed by atoms with E-state index in [9.17, 15) is 0 Å². The molecule has 0 N–H and O–H groups in total. The molecule has 1 aliphatic rings. The third-order valence-electron chi connectivity index (χ3n) is 7.53. The van der Waals surface area contributed by atoms with Gasteiger partial charge in [-0.2, -0.15) is 0 Å². The number of nitrogens with zero attached hydrogens (tertiary/aromatic N) is 1. The first-order valence-corrected chi connectivity index (χ1v) is 16.9. The molecule has 1 nitrogen and oxygen atoms in total. The molecule has 202 valence electrons. The Labute approximate surface area is 247 Å². The molecule has 5 aromatic rings. The van der Waals surface area contributed by atoms with E-state index >= 15 is 0 Å². The van der Waals surface area contributed by atoms with Gasteiger partial charge in [0.05, 0.1) is 6.04 Å². The van der Waals surface area contributed by atoms with Gasteiger partial charge < -0.3 is 0 Å². The van der Waals surface area contributed by atoms with Crippen molar-refractivity contribution in [2.75, 3.05) is 14.1 Å². The highest BCUT2D eigenvalue weighted by Gasteiger charge is 2.33. The second-order valence-electron chi connectivity index (χ2n) is 10.4. The van der Waals surface area contributed by atoms with E-state index < -0.39 is 15.8 Å². The summed E-state index contributed by atoms with van der Waals surface area (Å²) >= 11 is 0. The van der Waals surface area contributed by atoms with E-state index in [1.54, 1.807) is 0 Å². The van der Waals surface area contributed by atoms with Crippen molar-refractivity contribution >= 4 is 42.4 Å². The summed E-state index contributed by atoms with van der Waals surface area (Å²) in [7, 11) is 3.07. The van der Waals surface area contributed by atoms with Crippen LogP contribution in [0.4, 0.5) is 0 Å². The standard InChI is InChI=1S/C38H35NP2/c1-39(2)38(35-27-17-29-37(35)41(32-22-11-5-12-23-32)33-24-13-6-14-25-33)34-26-15-16-28-36(34)40(30-18-7-3-8-19-30)31-20-9-4-10-21-31/h3-16,18-29,38H,17H2,1-2H3/t38-/m1/s1. The largest absolute Gasteiger partial charge is 0.299 e. The quantitative estimate of drug-likeness (QED) is 0.168. The van der Waals surface area contributed by atoms with Crippen LogP contribution in [-0.4, -0.2) is 19.0 Å². The summed E-state index contributed by atoms with van der Waals surface area (Å²) in [5, 5.41) is 8.46. The van der Waals surface area contributed by atoms with Gasteiger partial charge in [0.2, 0.25) is 0 Å². The molecule has 0 aliphatic heterocycles. The molecule has 0 spiro atoms. The third-order valence-corrected chi connectivity index (χ3v) is 12.6. The number of allylic oxidation sites excluding steroid dienone is 2. The molecule has 0 unspecified atom stereocenters. The van der Waals surface area contributed by atoms with Crippen molar-refractivity contribution in [1.29, 1.82) is 0 Å². The van der Waals surface area contributed by atoms with Gasteiger partial charge in [0.1, 0.15) is 0 Å². The number of hydrogen-bond acceptors (Lipinski definition) is 1. The molecule has 6 rings (SSSR count). The van der Waals surface area contributed by atoms with Crippen molar-refractivity contribution in [2.24, 2.45) is 0 Å². The van der Waals surface area contributed by atoms with Gasteiger partial charge in [-0.3, -0.25) is 4.90 Å². The maximum absolute atomic E-state index is 2.48. The Morgan fingerprint density at radius 2 is 0.902 bits per heavy atom. The predicted molar refractivity (Wildman–Crippen MR) is 181 cm³/mol. The summed E-state index contributed by atoms with van der Waals surface area (Å²) < 4.78 is 0. The van der Waals surface area contributed by atoms with Gasteiger partial charge in [-0.25, -0.2) is 0 Å². The number of rotatable bonds is 9. The van der Waals surface area contributed by atoms with Gasteiger partial charge in [-0.1, -0.05) is 158 Å². The zero-order chi connectivity index (χ0) is 28.0. The smallest absolute Gasteiger partial charge is 0.0606 e. The highest BCUT2D eigenvalue weighted by molar-refractivity contribution is 7.80. The van der Waals surface area contributed by atoms with Gasteiger partial charge in [0.15, 0.2) is 0 Å². The van der Waals surface area contributed by atoms with Crippen LogP contribution in [0.5, 0.6) is 0 Å². The fourth-order valence-electron chi connectivity index (χ4n) is 5.80. The lowest BCUT2D eigenvalue weighted by Gasteiger charge is -2.34. The first-order valence-electron chi connectivity index (χ1n) is 14.2. The Morgan fingerprint density at radius 1 is 0.488 bits per heavy atom. The molecule has 1 aliphatic carbocycles. The van der Waals surface area contributed by atoms with Crippen LogP contribution in [-0.2, 0) is 0 Å². The molecule has 0 radical (unpaired) electrons. The Hall–Kier alpha value is -3.60. The maximum Gasteiger partial charge on any atom is 0.0606 e. The minimum atomic E-state index is -0.724. The lowest BCUT2D eigenvalue weighted by Crippen LogP contribution is -2.30. The third kappa shape index (κ3) is 5.91. The second kappa shape index (κ2) is 12.9. The van der Waals surface area contributed by atoms with E-state index in [1.807, 2.05) is 0 Å². The Morgan fingerprint density at radius 3 is 1.37 bits per heavy atom. The predicted octanol–water partition coefficient (Wildman–Crippen LogP) is 7.39. The molecular formula is C38H35NP2. The van der Waals surface area contributed by atoms with E-state index in [0.717, 1.165) is 6.42 Å². The Balaban J connectivity index is 1.49. The van der Waals surface area contributed by atoms with Crippen molar-refractivity contribution in [3.05, 3.63) is 174 Å². The van der Waals surface area contributed by atoms with E-state index in [2.05, 4.69) is 177 Å². The molecule has 0 amide bonds. The van der Waals surface area contributed by atoms with Crippen molar-refractivity contribution in [2.45, 2.75) is 12.5 Å². The summed E-state index contributed by atoms with van der Waals surface area (Å²) in [5.41, 5.74) is 2.84. The van der Waals surface area contributed by atoms with Gasteiger partial charge in [0, 0.05) is 0 Å². The Kier molecular flexibility index (Phi) is 8.69. The van der Waals surface area contributed by atoms with Crippen LogP contribution < -0.4 is 26.5 Å². The van der Waals surface area contributed by atoms with Crippen LogP contribution in [0.15, 0.2) is 169 Å².